The predicted molar refractivity (Wildman–Crippen MR) is 67.9 cm³/mol. The van der Waals surface area contributed by atoms with Gasteiger partial charge in [-0.2, -0.15) is 0 Å². The highest BCUT2D eigenvalue weighted by Gasteiger charge is 2.34. The lowest BCUT2D eigenvalue weighted by Gasteiger charge is -2.30. The molecular formula is C13H19N3O. The molecule has 4 heteroatoms. The second-order valence-corrected chi connectivity index (χ2v) is 4.98. The van der Waals surface area contributed by atoms with E-state index in [4.69, 9.17) is 10.5 Å². The van der Waals surface area contributed by atoms with Crippen molar-refractivity contribution >= 4 is 11.5 Å². The van der Waals surface area contributed by atoms with E-state index in [1.807, 2.05) is 12.1 Å². The zero-order chi connectivity index (χ0) is 11.7. The molecule has 0 aromatic carbocycles. The molecule has 92 valence electrons. The number of nitrogens with zero attached hydrogens (tertiary/aromatic N) is 2. The van der Waals surface area contributed by atoms with Crippen LogP contribution in [-0.2, 0) is 4.74 Å². The van der Waals surface area contributed by atoms with Gasteiger partial charge in [0, 0.05) is 18.5 Å². The van der Waals surface area contributed by atoms with Crippen LogP contribution in [0.3, 0.4) is 0 Å². The van der Waals surface area contributed by atoms with Crippen LogP contribution in [0.4, 0.5) is 11.5 Å². The Morgan fingerprint density at radius 2 is 2.29 bits per heavy atom. The highest BCUT2D eigenvalue weighted by Crippen LogP contribution is 2.33. The summed E-state index contributed by atoms with van der Waals surface area (Å²) in [6.45, 7) is 2.66. The average Bonchev–Trinajstić information content (AvgIpc) is 2.71. The number of hydrogen-bond donors (Lipinski definition) is 1. The van der Waals surface area contributed by atoms with E-state index in [-0.39, 0.29) is 0 Å². The molecule has 0 bridgehead atoms. The molecule has 1 aromatic rings. The topological polar surface area (TPSA) is 51.4 Å². The highest BCUT2D eigenvalue weighted by molar-refractivity contribution is 5.47. The Morgan fingerprint density at radius 3 is 3.12 bits per heavy atom. The lowest BCUT2D eigenvalue weighted by Crippen LogP contribution is -2.38. The summed E-state index contributed by atoms with van der Waals surface area (Å²) in [6, 6.07) is 4.56. The van der Waals surface area contributed by atoms with Gasteiger partial charge in [-0.1, -0.05) is 6.42 Å². The molecule has 1 aliphatic heterocycles. The maximum absolute atomic E-state index is 5.69. The number of nitrogens with two attached hydrogens (primary N) is 1. The Bertz CT molecular complexity index is 379. The van der Waals surface area contributed by atoms with Crippen LogP contribution < -0.4 is 10.6 Å². The molecule has 4 nitrogen and oxygen atoms in total. The third-order valence-corrected chi connectivity index (χ3v) is 3.89. The summed E-state index contributed by atoms with van der Waals surface area (Å²) in [5.41, 5.74) is 6.41. The zero-order valence-electron chi connectivity index (χ0n) is 10.0. The van der Waals surface area contributed by atoms with Gasteiger partial charge in [-0.3, -0.25) is 0 Å². The van der Waals surface area contributed by atoms with E-state index in [0.29, 0.717) is 12.0 Å². The third-order valence-electron chi connectivity index (χ3n) is 3.89. The summed E-state index contributed by atoms with van der Waals surface area (Å²) >= 11 is 0. The Balaban J connectivity index is 1.86. The molecular weight excluding hydrogens is 214 g/mol. The molecule has 2 heterocycles. The first-order valence-corrected chi connectivity index (χ1v) is 6.40. The lowest BCUT2D eigenvalue weighted by atomic mass is 10.0. The van der Waals surface area contributed by atoms with Crippen LogP contribution in [0, 0.1) is 5.92 Å². The predicted octanol–water partition coefficient (Wildman–Crippen LogP) is 1.67. The number of aromatic nitrogens is 1. The average molecular weight is 233 g/mol. The van der Waals surface area contributed by atoms with E-state index in [0.717, 1.165) is 31.3 Å². The highest BCUT2D eigenvalue weighted by atomic mass is 16.5. The van der Waals surface area contributed by atoms with Crippen LogP contribution in [0.25, 0.3) is 0 Å². The zero-order valence-corrected chi connectivity index (χ0v) is 10.0. The van der Waals surface area contributed by atoms with E-state index in [1.165, 1.54) is 19.3 Å². The largest absolute Gasteiger partial charge is 0.397 e. The van der Waals surface area contributed by atoms with Gasteiger partial charge in [-0.15, -0.1) is 0 Å². The molecule has 3 rings (SSSR count). The second-order valence-electron chi connectivity index (χ2n) is 4.98. The second kappa shape index (κ2) is 4.53. The molecule has 0 unspecified atom stereocenters. The van der Waals surface area contributed by atoms with Crippen LogP contribution in [-0.4, -0.2) is 30.8 Å². The number of fused-ring (bicyclic) bond motifs is 1. The molecule has 2 N–H and O–H groups in total. The minimum Gasteiger partial charge on any atom is -0.397 e. The maximum Gasteiger partial charge on any atom is 0.128 e. The van der Waals surface area contributed by atoms with Crippen LogP contribution >= 0.6 is 0 Å². The van der Waals surface area contributed by atoms with E-state index in [1.54, 1.807) is 6.20 Å². The normalized spacial score (nSPS) is 28.8. The summed E-state index contributed by atoms with van der Waals surface area (Å²) in [7, 11) is 0. The van der Waals surface area contributed by atoms with Crippen molar-refractivity contribution in [2.24, 2.45) is 5.92 Å². The Hall–Kier alpha value is -1.29. The van der Waals surface area contributed by atoms with Crippen molar-refractivity contribution in [3.05, 3.63) is 18.3 Å². The van der Waals surface area contributed by atoms with Gasteiger partial charge in [0.25, 0.3) is 0 Å². The van der Waals surface area contributed by atoms with Crippen molar-refractivity contribution in [2.45, 2.75) is 25.3 Å². The van der Waals surface area contributed by atoms with Crippen molar-refractivity contribution < 1.29 is 4.74 Å². The SMILES string of the molecule is Nc1ccc(N2CCOC[C@@H]3CCC[C@H]32)nc1. The monoisotopic (exact) mass is 233 g/mol. The quantitative estimate of drug-likeness (QED) is 0.801. The first-order chi connectivity index (χ1) is 8.34. The van der Waals surface area contributed by atoms with Crippen molar-refractivity contribution in [2.75, 3.05) is 30.4 Å². The van der Waals surface area contributed by atoms with Gasteiger partial charge in [0.15, 0.2) is 0 Å². The minimum absolute atomic E-state index is 0.605. The summed E-state index contributed by atoms with van der Waals surface area (Å²) in [5.74, 6) is 1.72. The van der Waals surface area contributed by atoms with Gasteiger partial charge >= 0.3 is 0 Å². The third kappa shape index (κ3) is 2.09. The van der Waals surface area contributed by atoms with Crippen LogP contribution in [0.2, 0.25) is 0 Å². The molecule has 1 aliphatic carbocycles. The molecule has 17 heavy (non-hydrogen) atoms. The molecule has 2 fully saturated rings. The summed E-state index contributed by atoms with van der Waals surface area (Å²) in [5, 5.41) is 0. The number of nitrogen functional groups attached to an aromatic ring is 1. The summed E-state index contributed by atoms with van der Waals surface area (Å²) < 4.78 is 5.69. The van der Waals surface area contributed by atoms with Crippen molar-refractivity contribution in [3.63, 3.8) is 0 Å². The minimum atomic E-state index is 0.605. The van der Waals surface area contributed by atoms with E-state index >= 15 is 0 Å². The first-order valence-electron chi connectivity index (χ1n) is 6.40. The van der Waals surface area contributed by atoms with E-state index in [2.05, 4.69) is 9.88 Å². The number of hydrogen-bond acceptors (Lipinski definition) is 4. The smallest absolute Gasteiger partial charge is 0.128 e. The van der Waals surface area contributed by atoms with E-state index in [9.17, 15) is 0 Å². The van der Waals surface area contributed by atoms with Gasteiger partial charge in [-0.25, -0.2) is 4.98 Å². The first kappa shape index (κ1) is 10.8. The molecule has 0 radical (unpaired) electrons. The van der Waals surface area contributed by atoms with Crippen LogP contribution in [0.1, 0.15) is 19.3 Å². The molecule has 2 aliphatic rings. The van der Waals surface area contributed by atoms with Crippen molar-refractivity contribution in [3.8, 4) is 0 Å². The number of rotatable bonds is 1. The van der Waals surface area contributed by atoms with Crippen molar-refractivity contribution in [1.29, 1.82) is 0 Å². The molecule has 1 aromatic heterocycles. The summed E-state index contributed by atoms with van der Waals surface area (Å²) in [4.78, 5) is 6.86. The van der Waals surface area contributed by atoms with Gasteiger partial charge < -0.3 is 15.4 Å². The lowest BCUT2D eigenvalue weighted by molar-refractivity contribution is 0.121. The molecule has 0 spiro atoms. The molecule has 1 saturated carbocycles. The maximum atomic E-state index is 5.69. The number of anilines is 2. The fourth-order valence-corrected chi connectivity index (χ4v) is 3.04. The standard InChI is InChI=1S/C13H19N3O/c14-11-4-5-13(15-8-11)16-6-7-17-9-10-2-1-3-12(10)16/h4-5,8,10,12H,1-3,6-7,9,14H2/t10-,12+/m0/s1. The van der Waals surface area contributed by atoms with Gasteiger partial charge in [0.05, 0.1) is 25.1 Å². The van der Waals surface area contributed by atoms with Crippen LogP contribution in [0.5, 0.6) is 0 Å². The molecule has 2 atom stereocenters. The fourth-order valence-electron chi connectivity index (χ4n) is 3.04. The van der Waals surface area contributed by atoms with Crippen LogP contribution in [0.15, 0.2) is 18.3 Å². The van der Waals surface area contributed by atoms with Gasteiger partial charge in [-0.05, 0) is 25.0 Å². The molecule has 1 saturated heterocycles. The van der Waals surface area contributed by atoms with E-state index < -0.39 is 0 Å². The number of pyridine rings is 1. The fraction of sp³-hybridized carbons (Fsp3) is 0.615. The summed E-state index contributed by atoms with van der Waals surface area (Å²) in [6.07, 6.45) is 5.60. The van der Waals surface area contributed by atoms with Gasteiger partial charge in [0.2, 0.25) is 0 Å². The Morgan fingerprint density at radius 1 is 1.35 bits per heavy atom. The van der Waals surface area contributed by atoms with Crippen molar-refractivity contribution in [1.82, 2.24) is 4.98 Å². The Kier molecular flexibility index (Phi) is 2.89. The van der Waals surface area contributed by atoms with Gasteiger partial charge in [0.1, 0.15) is 5.82 Å². The number of ether oxygens (including phenoxy) is 1. The Labute approximate surface area is 102 Å². The molecule has 0 amide bonds.